The second kappa shape index (κ2) is 2.70. The molecule has 0 radical (unpaired) electrons. The van der Waals surface area contributed by atoms with Crippen molar-refractivity contribution in [2.24, 2.45) is 5.92 Å². The zero-order valence-corrected chi connectivity index (χ0v) is 6.92. The molecule has 1 saturated heterocycles. The summed E-state index contributed by atoms with van der Waals surface area (Å²) in [5.74, 6) is 0.887. The highest BCUT2D eigenvalue weighted by Gasteiger charge is 2.31. The van der Waals surface area contributed by atoms with Crippen molar-refractivity contribution in [3.8, 4) is 0 Å². The molecule has 0 spiro atoms. The lowest BCUT2D eigenvalue weighted by atomic mass is 10.0. The summed E-state index contributed by atoms with van der Waals surface area (Å²) in [6.45, 7) is 5.15. The number of carbonyl (C=O) groups excluding carboxylic acids is 1. The van der Waals surface area contributed by atoms with Gasteiger partial charge in [-0.1, -0.05) is 13.8 Å². The van der Waals surface area contributed by atoms with Crippen molar-refractivity contribution in [2.45, 2.75) is 26.3 Å². The highest BCUT2D eigenvalue weighted by molar-refractivity contribution is 5.86. The van der Waals surface area contributed by atoms with E-state index in [-0.39, 0.29) is 6.04 Å². The maximum atomic E-state index is 11.2. The van der Waals surface area contributed by atoms with Crippen LogP contribution in [0.3, 0.4) is 0 Å². The quantitative estimate of drug-likeness (QED) is 0.541. The number of carbonyl (C=O) groups is 1. The van der Waals surface area contributed by atoms with Gasteiger partial charge in [0.1, 0.15) is 0 Å². The monoisotopic (exact) mass is 141 g/mol. The lowest BCUT2D eigenvalue weighted by molar-refractivity contribution is -0.120. The zero-order valence-electron chi connectivity index (χ0n) is 6.92. The topological polar surface area (TPSA) is 20.3 Å². The summed E-state index contributed by atoms with van der Waals surface area (Å²) < 4.78 is 0. The van der Waals surface area contributed by atoms with Crippen LogP contribution in [-0.2, 0) is 4.79 Å². The van der Waals surface area contributed by atoms with Crippen molar-refractivity contribution in [1.82, 2.24) is 4.90 Å². The van der Waals surface area contributed by atoms with Crippen molar-refractivity contribution in [2.75, 3.05) is 13.6 Å². The van der Waals surface area contributed by atoms with E-state index in [9.17, 15) is 4.79 Å². The van der Waals surface area contributed by atoms with Crippen molar-refractivity contribution in [3.05, 3.63) is 0 Å². The minimum absolute atomic E-state index is 0.194. The first-order valence-electron chi connectivity index (χ1n) is 3.86. The van der Waals surface area contributed by atoms with E-state index < -0.39 is 0 Å². The van der Waals surface area contributed by atoms with E-state index in [1.165, 1.54) is 0 Å². The predicted molar refractivity (Wildman–Crippen MR) is 40.9 cm³/mol. The van der Waals surface area contributed by atoms with Gasteiger partial charge in [-0.15, -0.1) is 0 Å². The SMILES string of the molecule is CC(C)[C@H]1C(=O)CCN1C. The molecule has 1 heterocycles. The molecule has 0 N–H and O–H groups in total. The van der Waals surface area contributed by atoms with Crippen LogP contribution in [0.25, 0.3) is 0 Å². The smallest absolute Gasteiger partial charge is 0.151 e. The molecule has 1 rings (SSSR count). The van der Waals surface area contributed by atoms with Gasteiger partial charge in [0.2, 0.25) is 0 Å². The molecule has 0 aromatic carbocycles. The van der Waals surface area contributed by atoms with Gasteiger partial charge in [-0.2, -0.15) is 0 Å². The molecule has 2 heteroatoms. The first kappa shape index (κ1) is 7.73. The van der Waals surface area contributed by atoms with Gasteiger partial charge in [-0.05, 0) is 13.0 Å². The molecule has 0 aliphatic carbocycles. The van der Waals surface area contributed by atoms with Gasteiger partial charge in [0, 0.05) is 13.0 Å². The van der Waals surface area contributed by atoms with E-state index in [1.807, 2.05) is 7.05 Å². The predicted octanol–water partition coefficient (Wildman–Crippen LogP) is 0.916. The summed E-state index contributed by atoms with van der Waals surface area (Å²) in [6, 6.07) is 0.194. The fourth-order valence-corrected chi connectivity index (χ4v) is 1.70. The van der Waals surface area contributed by atoms with Crippen LogP contribution in [0.4, 0.5) is 0 Å². The normalized spacial score (nSPS) is 28.4. The van der Waals surface area contributed by atoms with Crippen LogP contribution in [0.2, 0.25) is 0 Å². The highest BCUT2D eigenvalue weighted by atomic mass is 16.1. The Morgan fingerprint density at radius 1 is 1.60 bits per heavy atom. The summed E-state index contributed by atoms with van der Waals surface area (Å²) in [7, 11) is 2.02. The van der Waals surface area contributed by atoms with Gasteiger partial charge in [0.05, 0.1) is 6.04 Å². The third-order valence-corrected chi connectivity index (χ3v) is 2.15. The molecule has 0 unspecified atom stereocenters. The van der Waals surface area contributed by atoms with Crippen LogP contribution in [0.15, 0.2) is 0 Å². The molecule has 0 aromatic rings. The average Bonchev–Trinajstić information content (AvgIpc) is 2.11. The second-order valence-corrected chi connectivity index (χ2v) is 3.39. The summed E-state index contributed by atoms with van der Waals surface area (Å²) in [6.07, 6.45) is 0.749. The number of likely N-dealkylation sites (tertiary alicyclic amines) is 1. The van der Waals surface area contributed by atoms with Gasteiger partial charge < -0.3 is 0 Å². The number of likely N-dealkylation sites (N-methyl/N-ethyl adjacent to an activating group) is 1. The molecule has 0 amide bonds. The highest BCUT2D eigenvalue weighted by Crippen LogP contribution is 2.17. The summed E-state index contributed by atoms with van der Waals surface area (Å²) in [4.78, 5) is 13.3. The van der Waals surface area contributed by atoms with E-state index in [2.05, 4.69) is 18.7 Å². The Morgan fingerprint density at radius 2 is 2.20 bits per heavy atom. The molecule has 10 heavy (non-hydrogen) atoms. The Bertz CT molecular complexity index is 142. The summed E-state index contributed by atoms with van der Waals surface area (Å²) >= 11 is 0. The number of hydrogen-bond donors (Lipinski definition) is 0. The minimum atomic E-state index is 0.194. The Labute approximate surface area is 62.2 Å². The largest absolute Gasteiger partial charge is 0.298 e. The maximum absolute atomic E-state index is 11.2. The maximum Gasteiger partial charge on any atom is 0.151 e. The minimum Gasteiger partial charge on any atom is -0.298 e. The third-order valence-electron chi connectivity index (χ3n) is 2.15. The van der Waals surface area contributed by atoms with E-state index in [1.54, 1.807) is 0 Å². The van der Waals surface area contributed by atoms with Gasteiger partial charge in [0.15, 0.2) is 5.78 Å². The third kappa shape index (κ3) is 1.21. The molecular weight excluding hydrogens is 126 g/mol. The number of hydrogen-bond acceptors (Lipinski definition) is 2. The Hall–Kier alpha value is -0.370. The summed E-state index contributed by atoms with van der Waals surface area (Å²) in [5, 5.41) is 0. The first-order valence-corrected chi connectivity index (χ1v) is 3.86. The van der Waals surface area contributed by atoms with Crippen molar-refractivity contribution < 1.29 is 4.79 Å². The van der Waals surface area contributed by atoms with Crippen molar-refractivity contribution >= 4 is 5.78 Å². The van der Waals surface area contributed by atoms with Gasteiger partial charge in [-0.25, -0.2) is 0 Å². The molecule has 1 fully saturated rings. The standard InChI is InChI=1S/C8H15NO/c1-6(2)8-7(10)4-5-9(8)3/h6,8H,4-5H2,1-3H3/t8-/m0/s1. The molecule has 58 valence electrons. The molecule has 2 nitrogen and oxygen atoms in total. The Kier molecular flexibility index (Phi) is 2.09. The summed E-state index contributed by atoms with van der Waals surface area (Å²) in [5.41, 5.74) is 0. The van der Waals surface area contributed by atoms with Crippen LogP contribution < -0.4 is 0 Å². The van der Waals surface area contributed by atoms with Gasteiger partial charge in [0.25, 0.3) is 0 Å². The fourth-order valence-electron chi connectivity index (χ4n) is 1.70. The Morgan fingerprint density at radius 3 is 2.40 bits per heavy atom. The lowest BCUT2D eigenvalue weighted by Gasteiger charge is -2.20. The molecule has 1 atom stereocenters. The molecule has 1 aliphatic heterocycles. The van der Waals surface area contributed by atoms with Gasteiger partial charge in [-0.3, -0.25) is 9.69 Å². The molecule has 1 aliphatic rings. The molecule has 0 saturated carbocycles. The number of rotatable bonds is 1. The zero-order chi connectivity index (χ0) is 7.72. The first-order chi connectivity index (χ1) is 4.63. The van der Waals surface area contributed by atoms with Crippen LogP contribution in [-0.4, -0.2) is 30.3 Å². The Balaban J connectivity index is 2.63. The number of ketones is 1. The molecular formula is C8H15NO. The van der Waals surface area contributed by atoms with Crippen molar-refractivity contribution in [1.29, 1.82) is 0 Å². The number of nitrogens with zero attached hydrogens (tertiary/aromatic N) is 1. The van der Waals surface area contributed by atoms with Crippen LogP contribution >= 0.6 is 0 Å². The number of Topliss-reactive ketones (excluding diaryl/α,β-unsaturated/α-hetero) is 1. The van der Waals surface area contributed by atoms with E-state index in [4.69, 9.17) is 0 Å². The fraction of sp³-hybridized carbons (Fsp3) is 0.875. The van der Waals surface area contributed by atoms with Crippen LogP contribution in [0, 0.1) is 5.92 Å². The average molecular weight is 141 g/mol. The van der Waals surface area contributed by atoms with E-state index in [0.717, 1.165) is 13.0 Å². The van der Waals surface area contributed by atoms with Crippen LogP contribution in [0.1, 0.15) is 20.3 Å². The van der Waals surface area contributed by atoms with E-state index in [0.29, 0.717) is 11.7 Å². The molecule has 0 aromatic heterocycles. The molecule has 0 bridgehead atoms. The van der Waals surface area contributed by atoms with Crippen LogP contribution in [0.5, 0.6) is 0 Å². The van der Waals surface area contributed by atoms with E-state index >= 15 is 0 Å². The second-order valence-electron chi connectivity index (χ2n) is 3.39. The van der Waals surface area contributed by atoms with Gasteiger partial charge >= 0.3 is 0 Å². The van der Waals surface area contributed by atoms with Crippen molar-refractivity contribution in [3.63, 3.8) is 0 Å². The lowest BCUT2D eigenvalue weighted by Crippen LogP contribution is -2.34.